The fourth-order valence-electron chi connectivity index (χ4n) is 1.02. The average Bonchev–Trinajstić information content (AvgIpc) is 2.17. The molecule has 0 amide bonds. The molecule has 0 aliphatic carbocycles. The Kier molecular flexibility index (Phi) is 4.04. The number of aliphatic hydroxyl groups excluding tert-OH is 1. The summed E-state index contributed by atoms with van der Waals surface area (Å²) >= 11 is 11.2. The van der Waals surface area contributed by atoms with Crippen molar-refractivity contribution in [1.29, 1.82) is 0 Å². The fourth-order valence-corrected chi connectivity index (χ4v) is 1.66. The van der Waals surface area contributed by atoms with Gasteiger partial charge in [-0.1, -0.05) is 11.6 Å². The summed E-state index contributed by atoms with van der Waals surface area (Å²) in [4.78, 5) is 3.61. The molecule has 2 nitrogen and oxygen atoms in total. The van der Waals surface area contributed by atoms with E-state index in [0.29, 0.717) is 0 Å². The van der Waals surface area contributed by atoms with Crippen molar-refractivity contribution < 1.29 is 13.9 Å². The van der Waals surface area contributed by atoms with Crippen molar-refractivity contribution in [3.63, 3.8) is 0 Å². The number of aromatic nitrogens is 1. The Bertz CT molecular complexity index is 333. The highest BCUT2D eigenvalue weighted by atomic mass is 35.5. The molecular formula is C8H7Cl2F2NO. The molecule has 1 aromatic heterocycles. The van der Waals surface area contributed by atoms with Gasteiger partial charge in [-0.2, -0.15) is 0 Å². The minimum absolute atomic E-state index is 0.0142. The second-order valence-electron chi connectivity index (χ2n) is 2.55. The van der Waals surface area contributed by atoms with Gasteiger partial charge in [-0.3, -0.25) is 4.98 Å². The van der Waals surface area contributed by atoms with E-state index in [1.54, 1.807) is 0 Å². The Labute approximate surface area is 89.5 Å². The van der Waals surface area contributed by atoms with E-state index in [9.17, 15) is 8.78 Å². The lowest BCUT2D eigenvalue weighted by atomic mass is 10.1. The standard InChI is InChI=1S/C8H7Cl2F2NO/c9-1-4-5(8(11)12)2-13-6(3-14)7(4)10/h2,8,14H,1,3H2. The van der Waals surface area contributed by atoms with E-state index in [0.717, 1.165) is 6.20 Å². The van der Waals surface area contributed by atoms with E-state index in [4.69, 9.17) is 28.3 Å². The topological polar surface area (TPSA) is 33.1 Å². The van der Waals surface area contributed by atoms with Crippen LogP contribution in [0, 0.1) is 0 Å². The Balaban J connectivity index is 3.28. The van der Waals surface area contributed by atoms with E-state index in [1.165, 1.54) is 0 Å². The molecule has 0 aromatic carbocycles. The zero-order valence-corrected chi connectivity index (χ0v) is 8.49. The number of alkyl halides is 3. The Morgan fingerprint density at radius 2 is 2.14 bits per heavy atom. The number of rotatable bonds is 3. The van der Waals surface area contributed by atoms with Crippen LogP contribution in [0.1, 0.15) is 23.2 Å². The molecule has 0 fully saturated rings. The molecule has 1 aromatic rings. The van der Waals surface area contributed by atoms with Gasteiger partial charge in [-0.15, -0.1) is 11.6 Å². The maximum Gasteiger partial charge on any atom is 0.265 e. The summed E-state index contributed by atoms with van der Waals surface area (Å²) in [5.74, 6) is -0.131. The molecule has 0 radical (unpaired) electrons. The zero-order valence-electron chi connectivity index (χ0n) is 6.98. The average molecular weight is 242 g/mol. The number of hydrogen-bond donors (Lipinski definition) is 1. The van der Waals surface area contributed by atoms with Gasteiger partial charge in [0.2, 0.25) is 0 Å². The van der Waals surface area contributed by atoms with Crippen LogP contribution in [0.5, 0.6) is 0 Å². The molecule has 0 saturated carbocycles. The number of hydrogen-bond acceptors (Lipinski definition) is 2. The number of aliphatic hydroxyl groups is 1. The first kappa shape index (κ1) is 11.6. The minimum Gasteiger partial charge on any atom is -0.390 e. The van der Waals surface area contributed by atoms with Gasteiger partial charge in [0.25, 0.3) is 6.43 Å². The van der Waals surface area contributed by atoms with Crippen LogP contribution in [0.15, 0.2) is 6.20 Å². The molecule has 0 saturated heterocycles. The maximum absolute atomic E-state index is 12.4. The molecule has 0 atom stereocenters. The third-order valence-electron chi connectivity index (χ3n) is 1.74. The van der Waals surface area contributed by atoms with E-state index >= 15 is 0 Å². The van der Waals surface area contributed by atoms with Crippen LogP contribution in [0.4, 0.5) is 8.78 Å². The largest absolute Gasteiger partial charge is 0.390 e. The number of pyridine rings is 1. The van der Waals surface area contributed by atoms with Crippen molar-refractivity contribution in [1.82, 2.24) is 4.98 Å². The second-order valence-corrected chi connectivity index (χ2v) is 3.19. The van der Waals surface area contributed by atoms with E-state index < -0.39 is 13.0 Å². The molecular weight excluding hydrogens is 235 g/mol. The van der Waals surface area contributed by atoms with Gasteiger partial charge in [-0.05, 0) is 5.56 Å². The van der Waals surface area contributed by atoms with Crippen molar-refractivity contribution in [3.05, 3.63) is 28.0 Å². The fraction of sp³-hybridized carbons (Fsp3) is 0.375. The van der Waals surface area contributed by atoms with Crippen molar-refractivity contribution in [3.8, 4) is 0 Å². The van der Waals surface area contributed by atoms with Gasteiger partial charge in [0, 0.05) is 17.6 Å². The first-order valence-electron chi connectivity index (χ1n) is 3.73. The van der Waals surface area contributed by atoms with E-state index in [2.05, 4.69) is 4.98 Å². The normalized spacial score (nSPS) is 11.0. The molecule has 0 bridgehead atoms. The molecule has 0 aliphatic rings. The van der Waals surface area contributed by atoms with Gasteiger partial charge in [0.15, 0.2) is 0 Å². The Morgan fingerprint density at radius 1 is 1.50 bits per heavy atom. The summed E-state index contributed by atoms with van der Waals surface area (Å²) in [5, 5.41) is 8.80. The summed E-state index contributed by atoms with van der Waals surface area (Å²) in [6.07, 6.45) is -1.68. The Morgan fingerprint density at radius 3 is 2.57 bits per heavy atom. The predicted molar refractivity (Wildman–Crippen MR) is 49.7 cm³/mol. The van der Waals surface area contributed by atoms with Gasteiger partial charge in [0.1, 0.15) is 0 Å². The second kappa shape index (κ2) is 4.87. The first-order chi connectivity index (χ1) is 6.61. The third-order valence-corrected chi connectivity index (χ3v) is 2.46. The van der Waals surface area contributed by atoms with Crippen molar-refractivity contribution in [2.45, 2.75) is 18.9 Å². The van der Waals surface area contributed by atoms with Crippen LogP contribution in [-0.4, -0.2) is 10.1 Å². The maximum atomic E-state index is 12.4. The molecule has 6 heteroatoms. The van der Waals surface area contributed by atoms with Crippen LogP contribution in [0.25, 0.3) is 0 Å². The van der Waals surface area contributed by atoms with Gasteiger partial charge >= 0.3 is 0 Å². The highest BCUT2D eigenvalue weighted by molar-refractivity contribution is 6.33. The van der Waals surface area contributed by atoms with Crippen molar-refractivity contribution in [2.75, 3.05) is 0 Å². The molecule has 1 rings (SSSR count). The summed E-state index contributed by atoms with van der Waals surface area (Å²) in [6.45, 7) is -0.397. The van der Waals surface area contributed by atoms with Crippen LogP contribution in [-0.2, 0) is 12.5 Å². The lowest BCUT2D eigenvalue weighted by molar-refractivity contribution is 0.150. The molecule has 0 spiro atoms. The van der Waals surface area contributed by atoms with Crippen LogP contribution >= 0.6 is 23.2 Å². The first-order valence-corrected chi connectivity index (χ1v) is 4.64. The number of nitrogens with zero attached hydrogens (tertiary/aromatic N) is 1. The number of halogens is 4. The SMILES string of the molecule is OCc1ncc(C(F)F)c(CCl)c1Cl. The smallest absolute Gasteiger partial charge is 0.265 e. The van der Waals surface area contributed by atoms with Crippen molar-refractivity contribution in [2.24, 2.45) is 0 Å². The molecule has 14 heavy (non-hydrogen) atoms. The minimum atomic E-state index is -2.67. The van der Waals surface area contributed by atoms with Gasteiger partial charge < -0.3 is 5.11 Å². The van der Waals surface area contributed by atoms with E-state index in [1.807, 2.05) is 0 Å². The molecule has 0 aliphatic heterocycles. The summed E-state index contributed by atoms with van der Waals surface area (Å²) in [6, 6.07) is 0. The highest BCUT2D eigenvalue weighted by Gasteiger charge is 2.18. The van der Waals surface area contributed by atoms with E-state index in [-0.39, 0.29) is 27.7 Å². The summed E-state index contributed by atoms with van der Waals surface area (Å²) < 4.78 is 24.8. The summed E-state index contributed by atoms with van der Waals surface area (Å²) in [5.41, 5.74) is -0.00343. The quantitative estimate of drug-likeness (QED) is 0.826. The monoisotopic (exact) mass is 241 g/mol. The molecule has 78 valence electrons. The highest BCUT2D eigenvalue weighted by Crippen LogP contribution is 2.30. The lowest BCUT2D eigenvalue weighted by Gasteiger charge is -2.10. The molecule has 1 N–H and O–H groups in total. The van der Waals surface area contributed by atoms with Crippen LogP contribution in [0.3, 0.4) is 0 Å². The molecule has 1 heterocycles. The third kappa shape index (κ3) is 2.13. The van der Waals surface area contributed by atoms with Gasteiger partial charge in [-0.25, -0.2) is 8.78 Å². The zero-order chi connectivity index (χ0) is 10.7. The van der Waals surface area contributed by atoms with Crippen LogP contribution < -0.4 is 0 Å². The predicted octanol–water partition coefficient (Wildman–Crippen LogP) is 2.90. The summed E-state index contributed by atoms with van der Waals surface area (Å²) in [7, 11) is 0. The van der Waals surface area contributed by atoms with Gasteiger partial charge in [0.05, 0.1) is 17.3 Å². The Hall–Kier alpha value is -0.450. The van der Waals surface area contributed by atoms with Crippen molar-refractivity contribution >= 4 is 23.2 Å². The van der Waals surface area contributed by atoms with Crippen LogP contribution in [0.2, 0.25) is 5.02 Å². The molecule has 0 unspecified atom stereocenters. The lowest BCUT2D eigenvalue weighted by Crippen LogP contribution is -2.00.